The molecular formula is C18H28O2Si. The summed E-state index contributed by atoms with van der Waals surface area (Å²) in [4.78, 5) is 0. The molecule has 0 heterocycles. The van der Waals surface area contributed by atoms with Crippen molar-refractivity contribution in [2.24, 2.45) is 0 Å². The van der Waals surface area contributed by atoms with Crippen LogP contribution in [0.15, 0.2) is 55.6 Å². The molecular weight excluding hydrogens is 276 g/mol. The van der Waals surface area contributed by atoms with Crippen LogP contribution in [0.4, 0.5) is 0 Å². The van der Waals surface area contributed by atoms with Gasteiger partial charge in [-0.2, -0.15) is 0 Å². The topological polar surface area (TPSA) is 18.5 Å². The summed E-state index contributed by atoms with van der Waals surface area (Å²) in [6, 6.07) is 11.3. The number of allylic oxidation sites excluding steroid dienone is 1. The summed E-state index contributed by atoms with van der Waals surface area (Å²) in [5.41, 5.74) is 1.19. The van der Waals surface area contributed by atoms with E-state index >= 15 is 0 Å². The van der Waals surface area contributed by atoms with Crippen LogP contribution in [-0.2, 0) is 15.8 Å². The van der Waals surface area contributed by atoms with Crippen LogP contribution in [0.2, 0.25) is 19.1 Å². The van der Waals surface area contributed by atoms with E-state index in [-0.39, 0.29) is 6.10 Å². The predicted molar refractivity (Wildman–Crippen MR) is 92.9 cm³/mol. The number of rotatable bonds is 11. The van der Waals surface area contributed by atoms with Crippen molar-refractivity contribution in [2.75, 3.05) is 6.61 Å². The quantitative estimate of drug-likeness (QED) is 0.425. The van der Waals surface area contributed by atoms with Gasteiger partial charge in [-0.25, -0.2) is 0 Å². The molecule has 0 bridgehead atoms. The van der Waals surface area contributed by atoms with Crippen LogP contribution in [0, 0.1) is 0 Å². The molecule has 0 saturated carbocycles. The zero-order valence-corrected chi connectivity index (χ0v) is 14.4. The molecule has 0 N–H and O–H groups in total. The molecule has 0 aliphatic carbocycles. The van der Waals surface area contributed by atoms with E-state index in [1.807, 2.05) is 30.4 Å². The van der Waals surface area contributed by atoms with Crippen LogP contribution in [0.3, 0.4) is 0 Å². The fraction of sp³-hybridized carbons (Fsp3) is 0.444. The SMILES string of the molecule is C=CCC[Si](C)(C)OC(CC=C)COCc1ccccc1. The lowest BCUT2D eigenvalue weighted by molar-refractivity contribution is 0.0382. The Morgan fingerprint density at radius 3 is 2.48 bits per heavy atom. The minimum Gasteiger partial charge on any atom is -0.412 e. The summed E-state index contributed by atoms with van der Waals surface area (Å²) in [7, 11) is -1.65. The second kappa shape index (κ2) is 9.72. The van der Waals surface area contributed by atoms with Gasteiger partial charge < -0.3 is 9.16 Å². The van der Waals surface area contributed by atoms with Crippen molar-refractivity contribution < 1.29 is 9.16 Å². The zero-order chi connectivity index (χ0) is 15.6. The minimum absolute atomic E-state index is 0.109. The molecule has 1 unspecified atom stereocenters. The molecule has 0 aromatic heterocycles. The Hall–Kier alpha value is -1.16. The Bertz CT molecular complexity index is 414. The van der Waals surface area contributed by atoms with Crippen molar-refractivity contribution in [2.45, 2.75) is 44.7 Å². The minimum atomic E-state index is -1.65. The van der Waals surface area contributed by atoms with Gasteiger partial charge in [0.25, 0.3) is 0 Å². The van der Waals surface area contributed by atoms with Crippen LogP contribution in [0.1, 0.15) is 18.4 Å². The number of hydrogen-bond donors (Lipinski definition) is 0. The van der Waals surface area contributed by atoms with E-state index < -0.39 is 8.32 Å². The van der Waals surface area contributed by atoms with Crippen molar-refractivity contribution in [1.82, 2.24) is 0 Å². The summed E-state index contributed by atoms with van der Waals surface area (Å²) in [6.07, 6.45) is 5.84. The van der Waals surface area contributed by atoms with Crippen molar-refractivity contribution in [1.29, 1.82) is 0 Å². The third-order valence-corrected chi connectivity index (χ3v) is 5.75. The molecule has 3 heteroatoms. The maximum atomic E-state index is 6.31. The van der Waals surface area contributed by atoms with Gasteiger partial charge in [0.1, 0.15) is 0 Å². The van der Waals surface area contributed by atoms with E-state index in [0.29, 0.717) is 13.2 Å². The zero-order valence-electron chi connectivity index (χ0n) is 13.4. The molecule has 1 rings (SSSR count). The van der Waals surface area contributed by atoms with Crippen molar-refractivity contribution in [3.8, 4) is 0 Å². The Morgan fingerprint density at radius 1 is 1.14 bits per heavy atom. The molecule has 0 spiro atoms. The molecule has 0 aliphatic rings. The molecule has 0 radical (unpaired) electrons. The van der Waals surface area contributed by atoms with E-state index in [9.17, 15) is 0 Å². The molecule has 21 heavy (non-hydrogen) atoms. The van der Waals surface area contributed by atoms with Gasteiger partial charge in [-0.15, -0.1) is 13.2 Å². The maximum Gasteiger partial charge on any atom is 0.187 e. The van der Waals surface area contributed by atoms with Crippen molar-refractivity contribution in [3.63, 3.8) is 0 Å². The summed E-state index contributed by atoms with van der Waals surface area (Å²) in [5.74, 6) is 0. The molecule has 1 aromatic carbocycles. The van der Waals surface area contributed by atoms with E-state index in [1.165, 1.54) is 5.56 Å². The summed E-state index contributed by atoms with van der Waals surface area (Å²) in [5, 5.41) is 0. The summed E-state index contributed by atoms with van der Waals surface area (Å²) < 4.78 is 12.1. The summed E-state index contributed by atoms with van der Waals surface area (Å²) >= 11 is 0. The second-order valence-corrected chi connectivity index (χ2v) is 10.1. The van der Waals surface area contributed by atoms with Gasteiger partial charge in [0.2, 0.25) is 0 Å². The molecule has 0 fully saturated rings. The molecule has 2 nitrogen and oxygen atoms in total. The number of hydrogen-bond acceptors (Lipinski definition) is 2. The molecule has 0 amide bonds. The predicted octanol–water partition coefficient (Wildman–Crippen LogP) is 4.95. The van der Waals surface area contributed by atoms with Gasteiger partial charge in [-0.3, -0.25) is 0 Å². The van der Waals surface area contributed by atoms with E-state index in [1.54, 1.807) is 0 Å². The third-order valence-electron chi connectivity index (χ3n) is 3.28. The standard InChI is InChI=1S/C18H28O2Si/c1-5-7-14-21(3,4)20-18(11-6-2)16-19-15-17-12-9-8-10-13-17/h5-6,8-10,12-13,18H,1-2,7,11,14-16H2,3-4H3. The number of benzene rings is 1. The molecule has 0 aliphatic heterocycles. The largest absolute Gasteiger partial charge is 0.412 e. The second-order valence-electron chi connectivity index (χ2n) is 5.85. The number of ether oxygens (including phenoxy) is 1. The first-order valence-corrected chi connectivity index (χ1v) is 10.7. The summed E-state index contributed by atoms with van der Waals surface area (Å²) in [6.45, 7) is 13.4. The van der Waals surface area contributed by atoms with E-state index in [4.69, 9.17) is 9.16 Å². The highest BCUT2D eigenvalue weighted by Crippen LogP contribution is 2.18. The fourth-order valence-electron chi connectivity index (χ4n) is 2.18. The maximum absolute atomic E-state index is 6.31. The van der Waals surface area contributed by atoms with Gasteiger partial charge in [-0.05, 0) is 37.5 Å². The van der Waals surface area contributed by atoms with Gasteiger partial charge in [-0.1, -0.05) is 42.5 Å². The van der Waals surface area contributed by atoms with Crippen LogP contribution in [0.5, 0.6) is 0 Å². The van der Waals surface area contributed by atoms with Gasteiger partial charge in [0.05, 0.1) is 19.3 Å². The lowest BCUT2D eigenvalue weighted by Gasteiger charge is -2.28. The van der Waals surface area contributed by atoms with E-state index in [2.05, 4.69) is 38.4 Å². The van der Waals surface area contributed by atoms with Gasteiger partial charge in [0, 0.05) is 0 Å². The molecule has 0 saturated heterocycles. The van der Waals surface area contributed by atoms with Crippen LogP contribution in [0.25, 0.3) is 0 Å². The Labute approximate surface area is 130 Å². The van der Waals surface area contributed by atoms with Gasteiger partial charge >= 0.3 is 0 Å². The van der Waals surface area contributed by atoms with E-state index in [0.717, 1.165) is 18.9 Å². The highest BCUT2D eigenvalue weighted by molar-refractivity contribution is 6.71. The molecule has 1 aromatic rings. The first-order valence-electron chi connectivity index (χ1n) is 7.58. The highest BCUT2D eigenvalue weighted by Gasteiger charge is 2.25. The normalized spacial score (nSPS) is 12.9. The molecule has 1 atom stereocenters. The fourth-order valence-corrected chi connectivity index (χ4v) is 4.26. The van der Waals surface area contributed by atoms with Crippen molar-refractivity contribution >= 4 is 8.32 Å². The smallest absolute Gasteiger partial charge is 0.187 e. The Kier molecular flexibility index (Phi) is 8.28. The van der Waals surface area contributed by atoms with Gasteiger partial charge in [0.15, 0.2) is 8.32 Å². The van der Waals surface area contributed by atoms with Crippen molar-refractivity contribution in [3.05, 3.63) is 61.2 Å². The van der Waals surface area contributed by atoms with Crippen LogP contribution >= 0.6 is 0 Å². The van der Waals surface area contributed by atoms with Crippen LogP contribution in [-0.4, -0.2) is 21.0 Å². The monoisotopic (exact) mass is 304 g/mol. The lowest BCUT2D eigenvalue weighted by atomic mass is 10.2. The Balaban J connectivity index is 2.41. The highest BCUT2D eigenvalue weighted by atomic mass is 28.4. The first-order chi connectivity index (χ1) is 10.1. The lowest BCUT2D eigenvalue weighted by Crippen LogP contribution is -2.37. The average molecular weight is 305 g/mol. The first kappa shape index (κ1) is 17.9. The van der Waals surface area contributed by atoms with Crippen LogP contribution < -0.4 is 0 Å². The Morgan fingerprint density at radius 2 is 1.86 bits per heavy atom. The average Bonchev–Trinajstić information content (AvgIpc) is 2.46. The molecule has 116 valence electrons. The third kappa shape index (κ3) is 8.00.